The van der Waals surface area contributed by atoms with Crippen LogP contribution in [0.1, 0.15) is 0 Å². The molecule has 0 fully saturated rings. The molecule has 0 heterocycles. The first-order valence-corrected chi connectivity index (χ1v) is 4.79. The number of hydrogen-bond acceptors (Lipinski definition) is 1. The lowest BCUT2D eigenvalue weighted by atomic mass is 9.94. The first-order valence-electron chi connectivity index (χ1n) is 4.79. The van der Waals surface area contributed by atoms with Crippen LogP contribution in [-0.2, 0) is 0 Å². The highest BCUT2D eigenvalue weighted by molar-refractivity contribution is 6.32. The summed E-state index contributed by atoms with van der Waals surface area (Å²) in [6, 6.07) is 15.8. The molecule has 0 aliphatic heterocycles. The predicted octanol–water partition coefficient (Wildman–Crippen LogP) is 2.16. The van der Waals surface area contributed by atoms with Crippen LogP contribution in [0.25, 0.3) is 11.1 Å². The molecule has 2 rings (SSSR count). The Hall–Kier alpha value is -1.70. The fourth-order valence-corrected chi connectivity index (χ4v) is 1.48. The highest BCUT2D eigenvalue weighted by Crippen LogP contribution is 2.22. The zero-order valence-corrected chi connectivity index (χ0v) is 8.60. The Kier molecular flexibility index (Phi) is 2.77. The molecule has 0 aliphatic carbocycles. The molecule has 2 aromatic carbocycles. The Balaban J connectivity index is 2.40. The van der Waals surface area contributed by atoms with Crippen molar-refractivity contribution >= 4 is 13.3 Å². The van der Waals surface area contributed by atoms with Crippen LogP contribution < -0.4 is 10.2 Å². The molecule has 0 N–H and O–H groups in total. The molecule has 0 saturated carbocycles. The van der Waals surface area contributed by atoms with Crippen molar-refractivity contribution in [2.45, 2.75) is 0 Å². The van der Waals surface area contributed by atoms with Crippen molar-refractivity contribution in [3.63, 3.8) is 0 Å². The highest BCUT2D eigenvalue weighted by atomic mass is 16.5. The summed E-state index contributed by atoms with van der Waals surface area (Å²) in [6.07, 6.45) is 0. The topological polar surface area (TPSA) is 9.23 Å². The third-order valence-electron chi connectivity index (χ3n) is 2.31. The summed E-state index contributed by atoms with van der Waals surface area (Å²) < 4.78 is 5.18. The molecule has 0 bridgehead atoms. The molecule has 0 unspecified atom stereocenters. The number of benzene rings is 2. The predicted molar refractivity (Wildman–Crippen MR) is 63.8 cm³/mol. The minimum atomic E-state index is 0.779. The van der Waals surface area contributed by atoms with Gasteiger partial charge in [-0.1, -0.05) is 41.9 Å². The van der Waals surface area contributed by atoms with Gasteiger partial charge in [0.15, 0.2) is 0 Å². The van der Waals surface area contributed by atoms with E-state index in [1.165, 1.54) is 0 Å². The highest BCUT2D eigenvalue weighted by Gasteiger charge is 1.98. The summed E-state index contributed by atoms with van der Waals surface area (Å²) in [5.41, 5.74) is 3.05. The molecule has 2 heteroatoms. The van der Waals surface area contributed by atoms with Gasteiger partial charge in [0.2, 0.25) is 0 Å². The Morgan fingerprint density at radius 3 is 2.33 bits per heavy atom. The SMILES string of the molecule is [B]c1ccc(-c2cccc(OC)c2)cc1. The van der Waals surface area contributed by atoms with E-state index in [1.807, 2.05) is 48.5 Å². The minimum absolute atomic E-state index is 0.779. The Bertz CT molecular complexity index is 448. The number of rotatable bonds is 2. The van der Waals surface area contributed by atoms with Crippen molar-refractivity contribution < 1.29 is 4.74 Å². The molecular formula is C13H11BO. The Labute approximate surface area is 91.1 Å². The van der Waals surface area contributed by atoms with Gasteiger partial charge in [-0.05, 0) is 23.3 Å². The molecule has 0 atom stereocenters. The second-order valence-corrected chi connectivity index (χ2v) is 3.35. The van der Waals surface area contributed by atoms with Gasteiger partial charge in [-0.2, -0.15) is 0 Å². The van der Waals surface area contributed by atoms with E-state index in [1.54, 1.807) is 7.11 Å². The largest absolute Gasteiger partial charge is 0.497 e. The smallest absolute Gasteiger partial charge is 0.119 e. The molecule has 0 aromatic heterocycles. The van der Waals surface area contributed by atoms with Crippen LogP contribution in [0.15, 0.2) is 48.5 Å². The summed E-state index contributed by atoms with van der Waals surface area (Å²) in [5.74, 6) is 0.865. The molecule has 0 amide bonds. The van der Waals surface area contributed by atoms with E-state index in [-0.39, 0.29) is 0 Å². The van der Waals surface area contributed by atoms with Gasteiger partial charge in [0.25, 0.3) is 0 Å². The monoisotopic (exact) mass is 194 g/mol. The maximum absolute atomic E-state index is 5.64. The van der Waals surface area contributed by atoms with Crippen molar-refractivity contribution in [3.05, 3.63) is 48.5 Å². The second-order valence-electron chi connectivity index (χ2n) is 3.35. The average molecular weight is 194 g/mol. The van der Waals surface area contributed by atoms with Crippen molar-refractivity contribution in [2.24, 2.45) is 0 Å². The van der Waals surface area contributed by atoms with Crippen LogP contribution in [0.4, 0.5) is 0 Å². The van der Waals surface area contributed by atoms with Gasteiger partial charge < -0.3 is 4.74 Å². The molecule has 0 spiro atoms. The maximum Gasteiger partial charge on any atom is 0.119 e. The number of ether oxygens (including phenoxy) is 1. The van der Waals surface area contributed by atoms with E-state index in [4.69, 9.17) is 12.6 Å². The molecular weight excluding hydrogens is 183 g/mol. The van der Waals surface area contributed by atoms with Crippen LogP contribution in [-0.4, -0.2) is 15.0 Å². The van der Waals surface area contributed by atoms with E-state index in [0.717, 1.165) is 22.3 Å². The summed E-state index contributed by atoms with van der Waals surface area (Å²) in [6.45, 7) is 0. The van der Waals surface area contributed by atoms with Crippen LogP contribution in [0.5, 0.6) is 5.75 Å². The van der Waals surface area contributed by atoms with Gasteiger partial charge >= 0.3 is 0 Å². The molecule has 2 radical (unpaired) electrons. The van der Waals surface area contributed by atoms with Crippen molar-refractivity contribution in [1.82, 2.24) is 0 Å². The van der Waals surface area contributed by atoms with Crippen LogP contribution in [0.3, 0.4) is 0 Å². The number of hydrogen-bond donors (Lipinski definition) is 0. The second kappa shape index (κ2) is 4.22. The average Bonchev–Trinajstić information content (AvgIpc) is 2.30. The van der Waals surface area contributed by atoms with Gasteiger partial charge in [0.05, 0.1) is 7.11 Å². The molecule has 72 valence electrons. The van der Waals surface area contributed by atoms with Crippen molar-refractivity contribution in [2.75, 3.05) is 7.11 Å². The molecule has 1 nitrogen and oxygen atoms in total. The standard InChI is InChI=1S/C13H11BO/c1-15-13-4-2-3-11(9-13)10-5-7-12(14)8-6-10/h2-9H,1H3. The van der Waals surface area contributed by atoms with Gasteiger partial charge in [0, 0.05) is 0 Å². The zero-order chi connectivity index (χ0) is 10.7. The molecule has 0 aliphatic rings. The normalized spacial score (nSPS) is 9.93. The van der Waals surface area contributed by atoms with Crippen molar-refractivity contribution in [3.8, 4) is 16.9 Å². The summed E-state index contributed by atoms with van der Waals surface area (Å²) in [4.78, 5) is 0. The van der Waals surface area contributed by atoms with Gasteiger partial charge in [-0.25, -0.2) is 0 Å². The fraction of sp³-hybridized carbons (Fsp3) is 0.0769. The van der Waals surface area contributed by atoms with E-state index in [2.05, 4.69) is 0 Å². The molecule has 2 aromatic rings. The Morgan fingerprint density at radius 2 is 1.67 bits per heavy atom. The third kappa shape index (κ3) is 2.21. The van der Waals surface area contributed by atoms with Gasteiger partial charge in [0.1, 0.15) is 13.6 Å². The van der Waals surface area contributed by atoms with Crippen molar-refractivity contribution in [1.29, 1.82) is 0 Å². The molecule has 0 saturated heterocycles. The minimum Gasteiger partial charge on any atom is -0.497 e. The summed E-state index contributed by atoms with van der Waals surface area (Å²) in [7, 11) is 7.30. The van der Waals surface area contributed by atoms with E-state index >= 15 is 0 Å². The first-order chi connectivity index (χ1) is 7.29. The summed E-state index contributed by atoms with van der Waals surface area (Å²) in [5, 5.41) is 0. The van der Waals surface area contributed by atoms with E-state index in [0.29, 0.717) is 0 Å². The fourth-order valence-electron chi connectivity index (χ4n) is 1.48. The quantitative estimate of drug-likeness (QED) is 0.665. The maximum atomic E-state index is 5.64. The van der Waals surface area contributed by atoms with Crippen LogP contribution >= 0.6 is 0 Å². The van der Waals surface area contributed by atoms with Crippen LogP contribution in [0.2, 0.25) is 0 Å². The first kappa shape index (κ1) is 9.84. The van der Waals surface area contributed by atoms with Gasteiger partial charge in [-0.3, -0.25) is 0 Å². The van der Waals surface area contributed by atoms with E-state index in [9.17, 15) is 0 Å². The van der Waals surface area contributed by atoms with Crippen LogP contribution in [0, 0.1) is 0 Å². The van der Waals surface area contributed by atoms with Gasteiger partial charge in [-0.15, -0.1) is 0 Å². The lowest BCUT2D eigenvalue weighted by Gasteiger charge is -2.04. The molecule has 15 heavy (non-hydrogen) atoms. The van der Waals surface area contributed by atoms with E-state index < -0.39 is 0 Å². The zero-order valence-electron chi connectivity index (χ0n) is 8.60. The number of methoxy groups -OCH3 is 1. The third-order valence-corrected chi connectivity index (χ3v) is 2.31. The lowest BCUT2D eigenvalue weighted by Crippen LogP contribution is -1.99. The lowest BCUT2D eigenvalue weighted by molar-refractivity contribution is 0.415. The summed E-state index contributed by atoms with van der Waals surface area (Å²) >= 11 is 0. The Morgan fingerprint density at radius 1 is 0.933 bits per heavy atom.